The van der Waals surface area contributed by atoms with E-state index in [-0.39, 0.29) is 11.9 Å². The van der Waals surface area contributed by atoms with Crippen LogP contribution in [0.25, 0.3) is 0 Å². The number of oxime groups is 1. The van der Waals surface area contributed by atoms with Crippen molar-refractivity contribution in [3.05, 3.63) is 34.1 Å². The summed E-state index contributed by atoms with van der Waals surface area (Å²) in [5, 5.41) is 3.89. The molecule has 0 saturated heterocycles. The lowest BCUT2D eigenvalue weighted by molar-refractivity contribution is 0.0995. The molecule has 1 aromatic rings. The molecule has 1 aromatic carbocycles. The van der Waals surface area contributed by atoms with Crippen LogP contribution in [0.2, 0.25) is 0 Å². The van der Waals surface area contributed by atoms with Crippen molar-refractivity contribution in [3.8, 4) is 0 Å². The first kappa shape index (κ1) is 9.65. The van der Waals surface area contributed by atoms with Crippen molar-refractivity contribution in [2.75, 3.05) is 0 Å². The van der Waals surface area contributed by atoms with Gasteiger partial charge in [-0.2, -0.15) is 0 Å². The first-order valence-corrected chi connectivity index (χ1v) is 5.14. The van der Waals surface area contributed by atoms with Gasteiger partial charge in [0.25, 0.3) is 0 Å². The molecule has 0 fully saturated rings. The minimum atomic E-state index is -0.273. The highest BCUT2D eigenvalue weighted by atomic mass is 79.9. The molecule has 0 aromatic heterocycles. The molecular formula is C10H9BrFNO. The zero-order valence-electron chi connectivity index (χ0n) is 7.63. The maximum absolute atomic E-state index is 13.2. The molecule has 0 radical (unpaired) electrons. The van der Waals surface area contributed by atoms with E-state index in [4.69, 9.17) is 4.84 Å². The van der Waals surface area contributed by atoms with Crippen LogP contribution in [0.3, 0.4) is 0 Å². The SMILES string of the molecule is CC1CC(c2ccc(Br)c(F)c2)=NO1. The molecule has 4 heteroatoms. The van der Waals surface area contributed by atoms with Crippen LogP contribution in [0.1, 0.15) is 18.9 Å². The lowest BCUT2D eigenvalue weighted by Crippen LogP contribution is -2.03. The van der Waals surface area contributed by atoms with Crippen molar-refractivity contribution in [2.24, 2.45) is 5.16 Å². The Kier molecular flexibility index (Phi) is 2.54. The molecule has 0 amide bonds. The lowest BCUT2D eigenvalue weighted by Gasteiger charge is -2.00. The summed E-state index contributed by atoms with van der Waals surface area (Å²) >= 11 is 3.10. The van der Waals surface area contributed by atoms with Crippen LogP contribution < -0.4 is 0 Å². The second kappa shape index (κ2) is 3.69. The van der Waals surface area contributed by atoms with Gasteiger partial charge in [0.1, 0.15) is 11.9 Å². The maximum atomic E-state index is 13.2. The monoisotopic (exact) mass is 257 g/mol. The van der Waals surface area contributed by atoms with E-state index in [2.05, 4.69) is 21.1 Å². The van der Waals surface area contributed by atoms with Crippen molar-refractivity contribution in [2.45, 2.75) is 19.4 Å². The van der Waals surface area contributed by atoms with Gasteiger partial charge in [-0.1, -0.05) is 11.2 Å². The highest BCUT2D eigenvalue weighted by Crippen LogP contribution is 2.21. The number of rotatable bonds is 1. The fourth-order valence-corrected chi connectivity index (χ4v) is 1.59. The molecule has 1 atom stereocenters. The molecule has 74 valence electrons. The third-order valence-corrected chi connectivity index (χ3v) is 2.72. The van der Waals surface area contributed by atoms with Crippen LogP contribution in [0.5, 0.6) is 0 Å². The summed E-state index contributed by atoms with van der Waals surface area (Å²) < 4.78 is 13.7. The second-order valence-electron chi connectivity index (χ2n) is 3.29. The van der Waals surface area contributed by atoms with Crippen LogP contribution in [0.15, 0.2) is 27.8 Å². The molecule has 1 unspecified atom stereocenters. The first-order chi connectivity index (χ1) is 6.66. The molecule has 2 nitrogen and oxygen atoms in total. The lowest BCUT2D eigenvalue weighted by atomic mass is 10.1. The Morgan fingerprint density at radius 3 is 2.93 bits per heavy atom. The number of hydrogen-bond donors (Lipinski definition) is 0. The number of hydrogen-bond acceptors (Lipinski definition) is 2. The topological polar surface area (TPSA) is 21.6 Å². The van der Waals surface area contributed by atoms with Crippen molar-refractivity contribution in [3.63, 3.8) is 0 Å². The fraction of sp³-hybridized carbons (Fsp3) is 0.300. The molecule has 1 aliphatic heterocycles. The van der Waals surface area contributed by atoms with E-state index >= 15 is 0 Å². The number of nitrogens with zero attached hydrogens (tertiary/aromatic N) is 1. The molecular weight excluding hydrogens is 249 g/mol. The maximum Gasteiger partial charge on any atom is 0.138 e. The Bertz CT molecular complexity index is 392. The van der Waals surface area contributed by atoms with Gasteiger partial charge in [0.05, 0.1) is 10.2 Å². The predicted octanol–water partition coefficient (Wildman–Crippen LogP) is 3.10. The average Bonchev–Trinajstić information content (AvgIpc) is 2.57. The summed E-state index contributed by atoms with van der Waals surface area (Å²) in [5.41, 5.74) is 1.60. The van der Waals surface area contributed by atoms with Crippen LogP contribution >= 0.6 is 15.9 Å². The van der Waals surface area contributed by atoms with E-state index in [1.807, 2.05) is 13.0 Å². The molecule has 0 aliphatic carbocycles. The Morgan fingerprint density at radius 2 is 2.36 bits per heavy atom. The normalized spacial score (nSPS) is 20.5. The largest absolute Gasteiger partial charge is 0.392 e. The van der Waals surface area contributed by atoms with E-state index in [0.29, 0.717) is 4.47 Å². The Hall–Kier alpha value is -0.900. The summed E-state index contributed by atoms with van der Waals surface area (Å²) in [6, 6.07) is 4.97. The standard InChI is InChI=1S/C10H9BrFNO/c1-6-4-10(13-14-6)7-2-3-8(11)9(12)5-7/h2-3,5-6H,4H2,1H3. The van der Waals surface area contributed by atoms with E-state index < -0.39 is 0 Å². The van der Waals surface area contributed by atoms with E-state index in [1.54, 1.807) is 6.07 Å². The van der Waals surface area contributed by atoms with Crippen LogP contribution in [-0.4, -0.2) is 11.8 Å². The molecule has 2 rings (SSSR count). The molecule has 0 bridgehead atoms. The van der Waals surface area contributed by atoms with E-state index in [0.717, 1.165) is 17.7 Å². The third kappa shape index (κ3) is 1.80. The Morgan fingerprint density at radius 1 is 1.57 bits per heavy atom. The molecule has 1 aliphatic rings. The highest BCUT2D eigenvalue weighted by molar-refractivity contribution is 9.10. The smallest absolute Gasteiger partial charge is 0.138 e. The first-order valence-electron chi connectivity index (χ1n) is 4.35. The van der Waals surface area contributed by atoms with Crippen molar-refractivity contribution in [1.29, 1.82) is 0 Å². The number of benzene rings is 1. The van der Waals surface area contributed by atoms with Gasteiger partial charge in [-0.15, -0.1) is 0 Å². The Balaban J connectivity index is 2.30. The van der Waals surface area contributed by atoms with E-state index in [1.165, 1.54) is 6.07 Å². The minimum absolute atomic E-state index is 0.0942. The fourth-order valence-electron chi connectivity index (χ4n) is 1.35. The van der Waals surface area contributed by atoms with Gasteiger partial charge in [0.15, 0.2) is 0 Å². The second-order valence-corrected chi connectivity index (χ2v) is 4.14. The van der Waals surface area contributed by atoms with Gasteiger partial charge in [0.2, 0.25) is 0 Å². The summed E-state index contributed by atoms with van der Waals surface area (Å²) in [4.78, 5) is 5.04. The summed E-state index contributed by atoms with van der Waals surface area (Å²) in [6.45, 7) is 1.94. The van der Waals surface area contributed by atoms with Crippen molar-refractivity contribution < 1.29 is 9.23 Å². The predicted molar refractivity (Wildman–Crippen MR) is 55.8 cm³/mol. The van der Waals surface area contributed by atoms with Gasteiger partial charge < -0.3 is 4.84 Å². The highest BCUT2D eigenvalue weighted by Gasteiger charge is 2.18. The zero-order valence-corrected chi connectivity index (χ0v) is 9.21. The van der Waals surface area contributed by atoms with Crippen LogP contribution in [0, 0.1) is 5.82 Å². The number of halogens is 2. The molecule has 0 saturated carbocycles. The van der Waals surface area contributed by atoms with E-state index in [9.17, 15) is 4.39 Å². The molecule has 0 spiro atoms. The molecule has 0 N–H and O–H groups in total. The van der Waals surface area contributed by atoms with Gasteiger partial charge in [-0.05, 0) is 35.0 Å². The quantitative estimate of drug-likeness (QED) is 0.758. The Labute approximate surface area is 89.9 Å². The van der Waals surface area contributed by atoms with Gasteiger partial charge in [-0.3, -0.25) is 0 Å². The summed E-state index contributed by atoms with van der Waals surface area (Å²) in [5.74, 6) is -0.273. The van der Waals surface area contributed by atoms with Crippen molar-refractivity contribution in [1.82, 2.24) is 0 Å². The molecule has 1 heterocycles. The zero-order chi connectivity index (χ0) is 10.1. The summed E-state index contributed by atoms with van der Waals surface area (Å²) in [6.07, 6.45) is 0.831. The minimum Gasteiger partial charge on any atom is -0.392 e. The third-order valence-electron chi connectivity index (χ3n) is 2.08. The van der Waals surface area contributed by atoms with Crippen molar-refractivity contribution >= 4 is 21.6 Å². The van der Waals surface area contributed by atoms with Gasteiger partial charge in [-0.25, -0.2) is 4.39 Å². The molecule has 14 heavy (non-hydrogen) atoms. The van der Waals surface area contributed by atoms with Crippen LogP contribution in [-0.2, 0) is 4.84 Å². The summed E-state index contributed by atoms with van der Waals surface area (Å²) in [7, 11) is 0. The van der Waals surface area contributed by atoms with Gasteiger partial charge >= 0.3 is 0 Å². The average molecular weight is 258 g/mol. The van der Waals surface area contributed by atoms with Crippen LogP contribution in [0.4, 0.5) is 4.39 Å². The van der Waals surface area contributed by atoms with Gasteiger partial charge in [0, 0.05) is 12.0 Å².